The van der Waals surface area contributed by atoms with Crippen LogP contribution in [0.5, 0.6) is 5.75 Å². The van der Waals surface area contributed by atoms with Gasteiger partial charge in [0.25, 0.3) is 0 Å². The summed E-state index contributed by atoms with van der Waals surface area (Å²) in [5.74, 6) is 1.48. The minimum absolute atomic E-state index is 0.0175. The second kappa shape index (κ2) is 6.93. The van der Waals surface area contributed by atoms with Crippen molar-refractivity contribution in [1.29, 1.82) is 0 Å². The van der Waals surface area contributed by atoms with E-state index in [1.54, 1.807) is 0 Å². The van der Waals surface area contributed by atoms with Gasteiger partial charge in [0.1, 0.15) is 36.8 Å². The van der Waals surface area contributed by atoms with Gasteiger partial charge in [-0.05, 0) is 6.07 Å². The van der Waals surface area contributed by atoms with Crippen LogP contribution in [0.15, 0.2) is 34.7 Å². The van der Waals surface area contributed by atoms with Crippen molar-refractivity contribution in [2.45, 2.75) is 0 Å². The summed E-state index contributed by atoms with van der Waals surface area (Å²) in [6.07, 6.45) is 0. The Balaban J connectivity index is 1.90. The van der Waals surface area contributed by atoms with Crippen molar-refractivity contribution < 1.29 is 19.4 Å². The van der Waals surface area contributed by atoms with Gasteiger partial charge in [0.15, 0.2) is 24.4 Å². The Bertz CT molecular complexity index is 974. The lowest BCUT2D eigenvalue weighted by atomic mass is 10.2. The highest BCUT2D eigenvalue weighted by molar-refractivity contribution is 5.84. The van der Waals surface area contributed by atoms with Crippen LogP contribution in [-0.4, -0.2) is 61.7 Å². The zero-order valence-electron chi connectivity index (χ0n) is 14.7. The van der Waals surface area contributed by atoms with Crippen molar-refractivity contribution >= 4 is 16.8 Å². The summed E-state index contributed by atoms with van der Waals surface area (Å²) in [4.78, 5) is 6.83. The summed E-state index contributed by atoms with van der Waals surface area (Å²) in [5.41, 5.74) is 3.19. The maximum absolute atomic E-state index is 9.24. The van der Waals surface area contributed by atoms with Crippen molar-refractivity contribution in [3.8, 4) is 17.2 Å². The summed E-state index contributed by atoms with van der Waals surface area (Å²) in [6.45, 7) is 2.42. The lowest BCUT2D eigenvalue weighted by molar-refractivity contribution is 0.250. The number of aromatic nitrogens is 1. The Hall–Kier alpha value is -2.64. The second-order valence-corrected chi connectivity index (χ2v) is 6.36. The minimum Gasteiger partial charge on any atom is -0.489 e. The van der Waals surface area contributed by atoms with Gasteiger partial charge in [-0.25, -0.2) is 9.56 Å². The molecule has 2 N–H and O–H groups in total. The fourth-order valence-corrected chi connectivity index (χ4v) is 3.27. The lowest BCUT2D eigenvalue weighted by Crippen LogP contribution is -2.34. The van der Waals surface area contributed by atoms with Gasteiger partial charge in [-0.15, -0.1) is 0 Å². The largest absolute Gasteiger partial charge is 0.489 e. The topological polar surface area (TPSA) is 82.0 Å². The van der Waals surface area contributed by atoms with Crippen LogP contribution in [0.1, 0.15) is 0 Å². The second-order valence-electron chi connectivity index (χ2n) is 6.36. The predicted molar refractivity (Wildman–Crippen MR) is 98.6 cm³/mol. The molecule has 26 heavy (non-hydrogen) atoms. The number of hydrogen-bond acceptors (Lipinski definition) is 6. The van der Waals surface area contributed by atoms with Crippen molar-refractivity contribution in [2.24, 2.45) is 0 Å². The van der Waals surface area contributed by atoms with E-state index in [1.165, 1.54) is 0 Å². The van der Waals surface area contributed by atoms with Crippen molar-refractivity contribution in [3.05, 3.63) is 35.7 Å². The number of anilines is 1. The number of nitrogens with zero attached hydrogens (tertiary/aromatic N) is 3. The summed E-state index contributed by atoms with van der Waals surface area (Å²) in [6, 6.07) is 9.59. The molecule has 2 aliphatic heterocycles. The number of likely N-dealkylation sites (N-methyl/N-ethyl adjacent to an activating group) is 1. The third-order valence-electron chi connectivity index (χ3n) is 4.65. The molecule has 2 heterocycles. The SMILES string of the molecule is CN1CCOc2cc3nc4ccc(=[N+](CCO)CCO)cc-4oc3cc21. The van der Waals surface area contributed by atoms with E-state index in [1.807, 2.05) is 42.0 Å². The smallest absolute Gasteiger partial charge is 0.203 e. The van der Waals surface area contributed by atoms with Gasteiger partial charge in [-0.1, -0.05) is 0 Å². The van der Waals surface area contributed by atoms with Crippen molar-refractivity contribution in [1.82, 2.24) is 9.56 Å². The van der Waals surface area contributed by atoms with Crippen LogP contribution in [-0.2, 0) is 0 Å². The Labute approximate surface area is 150 Å². The van der Waals surface area contributed by atoms with E-state index in [0.717, 1.165) is 34.5 Å². The summed E-state index contributed by atoms with van der Waals surface area (Å²) in [5, 5.41) is 19.4. The van der Waals surface area contributed by atoms with Crippen LogP contribution in [0.3, 0.4) is 0 Å². The number of rotatable bonds is 4. The van der Waals surface area contributed by atoms with E-state index in [-0.39, 0.29) is 13.2 Å². The van der Waals surface area contributed by atoms with E-state index in [2.05, 4.69) is 4.90 Å². The standard InChI is InChI=1S/C19H22N3O4/c1-21-6-9-25-19-11-15-18(12-16(19)21)26-17-10-13(2-3-14(17)20-15)22(4-7-23)5-8-24/h2-3,10-12,23-24H,4-9H2,1H3/q+1. The molecule has 1 aromatic rings. The number of benzene rings is 2. The van der Waals surface area contributed by atoms with Crippen LogP contribution < -0.4 is 19.6 Å². The predicted octanol–water partition coefficient (Wildman–Crippen LogP) is 0.518. The molecular formula is C19H22N3O4+. The summed E-state index contributed by atoms with van der Waals surface area (Å²) >= 11 is 0. The Morgan fingerprint density at radius 2 is 1.96 bits per heavy atom. The van der Waals surface area contributed by atoms with Crippen LogP contribution in [0.4, 0.5) is 5.69 Å². The molecule has 0 amide bonds. The first kappa shape index (κ1) is 16.8. The minimum atomic E-state index is 0.0175. The lowest BCUT2D eigenvalue weighted by Gasteiger charge is -2.27. The monoisotopic (exact) mass is 356 g/mol. The quantitative estimate of drug-likeness (QED) is 0.524. The van der Waals surface area contributed by atoms with E-state index in [0.29, 0.717) is 31.0 Å². The highest BCUT2D eigenvalue weighted by Gasteiger charge is 2.19. The normalized spacial score (nSPS) is 13.7. The molecule has 0 unspecified atom stereocenters. The maximum Gasteiger partial charge on any atom is 0.203 e. The molecule has 3 aliphatic rings. The molecule has 0 bridgehead atoms. The van der Waals surface area contributed by atoms with Gasteiger partial charge in [0.2, 0.25) is 5.36 Å². The first-order chi connectivity index (χ1) is 12.7. The zero-order chi connectivity index (χ0) is 18.1. The van der Waals surface area contributed by atoms with Gasteiger partial charge in [0.05, 0.1) is 18.3 Å². The maximum atomic E-state index is 9.24. The zero-order valence-corrected chi connectivity index (χ0v) is 14.7. The third kappa shape index (κ3) is 3.00. The fourth-order valence-electron chi connectivity index (χ4n) is 3.27. The molecule has 0 aromatic heterocycles. The molecule has 0 fully saturated rings. The summed E-state index contributed by atoms with van der Waals surface area (Å²) < 4.78 is 13.8. The molecule has 0 radical (unpaired) electrons. The molecule has 0 atom stereocenters. The Morgan fingerprint density at radius 3 is 2.73 bits per heavy atom. The number of aliphatic hydroxyl groups is 2. The third-order valence-corrected chi connectivity index (χ3v) is 4.65. The van der Waals surface area contributed by atoms with Gasteiger partial charge in [-0.3, -0.25) is 0 Å². The highest BCUT2D eigenvalue weighted by atomic mass is 16.5. The first-order valence-electron chi connectivity index (χ1n) is 8.72. The number of fused-ring (bicyclic) bond motifs is 3. The molecule has 7 nitrogen and oxygen atoms in total. The fraction of sp³-hybridized carbons (Fsp3) is 0.368. The van der Waals surface area contributed by atoms with Gasteiger partial charge in [0, 0.05) is 25.2 Å². The first-order valence-corrected chi connectivity index (χ1v) is 8.72. The van der Waals surface area contributed by atoms with Crippen LogP contribution in [0, 0.1) is 0 Å². The molecule has 7 heteroatoms. The summed E-state index contributed by atoms with van der Waals surface area (Å²) in [7, 11) is 2.03. The van der Waals surface area contributed by atoms with E-state index < -0.39 is 0 Å². The molecule has 1 aliphatic carbocycles. The molecule has 0 saturated carbocycles. The molecule has 136 valence electrons. The van der Waals surface area contributed by atoms with Crippen molar-refractivity contribution in [3.63, 3.8) is 0 Å². The van der Waals surface area contributed by atoms with Gasteiger partial charge in [-0.2, -0.15) is 0 Å². The molecule has 0 spiro atoms. The number of hydrogen-bond donors (Lipinski definition) is 2. The molecule has 1 aromatic carbocycles. The van der Waals surface area contributed by atoms with Crippen LogP contribution in [0.25, 0.3) is 22.6 Å². The Morgan fingerprint density at radius 1 is 1.15 bits per heavy atom. The highest BCUT2D eigenvalue weighted by Crippen LogP contribution is 2.36. The van der Waals surface area contributed by atoms with Crippen molar-refractivity contribution in [2.75, 3.05) is 51.4 Å². The van der Waals surface area contributed by atoms with Gasteiger partial charge < -0.3 is 24.3 Å². The van der Waals surface area contributed by atoms with E-state index in [4.69, 9.17) is 14.1 Å². The number of ether oxygens (including phenoxy) is 1. The van der Waals surface area contributed by atoms with E-state index >= 15 is 0 Å². The average molecular weight is 356 g/mol. The van der Waals surface area contributed by atoms with Crippen LogP contribution >= 0.6 is 0 Å². The van der Waals surface area contributed by atoms with E-state index in [9.17, 15) is 10.2 Å². The Kier molecular flexibility index (Phi) is 4.48. The van der Waals surface area contributed by atoms with Gasteiger partial charge >= 0.3 is 0 Å². The average Bonchev–Trinajstić information content (AvgIpc) is 2.65. The van der Waals surface area contributed by atoms with Crippen LogP contribution in [0.2, 0.25) is 0 Å². The molecule has 4 rings (SSSR count). The molecular weight excluding hydrogens is 334 g/mol. The number of aliphatic hydroxyl groups excluding tert-OH is 2. The molecule has 0 saturated heterocycles.